The van der Waals surface area contributed by atoms with Crippen molar-refractivity contribution < 1.29 is 42.9 Å². The summed E-state index contributed by atoms with van der Waals surface area (Å²) in [6.07, 6.45) is 1.83. The van der Waals surface area contributed by atoms with Crippen molar-refractivity contribution >= 4 is 43.2 Å². The number of aromatic nitrogens is 1. The van der Waals surface area contributed by atoms with Gasteiger partial charge in [-0.25, -0.2) is 10.2 Å². The first-order chi connectivity index (χ1) is 25.8. The summed E-state index contributed by atoms with van der Waals surface area (Å²) in [5, 5.41) is 14.5. The molecular formula is C41H58N4O9Si. The quantitative estimate of drug-likeness (QED) is 0.0799. The number of carboxylic acid groups (broad SMARTS) is 1. The third kappa shape index (κ3) is 11.2. The minimum absolute atomic E-state index is 0.0669. The van der Waals surface area contributed by atoms with Crippen LogP contribution in [0.15, 0.2) is 48.7 Å². The standard InChI is InChI=1S/C41H58N4O9Si/c1-25(2)55(26(3)4,27(5)6)54-32-21-29(22-36(43-40(50)53-41(8,9)10)38(47)45-17-11-12-35(44-45)39(48)49)20-31(23-32)30-13-14-34-33(24-30)37(15-16-42-34)52-19-18-51-28(7)46/h13-16,20-21,23-27,35-36,44H,11-12,17-19,22H2,1-10H3,(H,43,50)(H,48,49)/t35-,36-/m0/s1. The molecule has 4 rings (SSSR count). The summed E-state index contributed by atoms with van der Waals surface area (Å²) in [7, 11) is -2.45. The molecule has 0 bridgehead atoms. The molecule has 0 unspecified atom stereocenters. The van der Waals surface area contributed by atoms with Gasteiger partial charge >= 0.3 is 18.0 Å². The van der Waals surface area contributed by atoms with Crippen LogP contribution in [0.3, 0.4) is 0 Å². The Morgan fingerprint density at radius 3 is 2.27 bits per heavy atom. The summed E-state index contributed by atoms with van der Waals surface area (Å²) in [6.45, 7) is 20.4. The van der Waals surface area contributed by atoms with Crippen LogP contribution in [-0.2, 0) is 30.3 Å². The van der Waals surface area contributed by atoms with Crippen LogP contribution in [0.25, 0.3) is 22.0 Å². The summed E-state index contributed by atoms with van der Waals surface area (Å²) in [4.78, 5) is 55.0. The lowest BCUT2D eigenvalue weighted by Gasteiger charge is -2.42. The van der Waals surface area contributed by atoms with E-state index in [1.807, 2.05) is 36.4 Å². The highest BCUT2D eigenvalue weighted by Crippen LogP contribution is 2.44. The maximum atomic E-state index is 14.2. The fourth-order valence-electron chi connectivity index (χ4n) is 7.52. The molecule has 1 fully saturated rings. The van der Waals surface area contributed by atoms with Gasteiger partial charge in [0.2, 0.25) is 0 Å². The molecule has 3 aromatic rings. The second-order valence-corrected chi connectivity index (χ2v) is 21.4. The number of carbonyl (C=O) groups excluding carboxylic acids is 3. The van der Waals surface area contributed by atoms with Gasteiger partial charge in [-0.2, -0.15) is 0 Å². The number of hydrogen-bond donors (Lipinski definition) is 3. The summed E-state index contributed by atoms with van der Waals surface area (Å²) in [5.41, 5.74) is 5.96. The van der Waals surface area contributed by atoms with E-state index in [4.69, 9.17) is 18.6 Å². The molecule has 13 nitrogen and oxygen atoms in total. The summed E-state index contributed by atoms with van der Waals surface area (Å²) < 4.78 is 23.8. The van der Waals surface area contributed by atoms with Crippen LogP contribution in [-0.4, -0.2) is 84.8 Å². The number of alkyl carbamates (subject to hydrolysis) is 1. The number of carbonyl (C=O) groups is 4. The highest BCUT2D eigenvalue weighted by atomic mass is 28.4. The van der Waals surface area contributed by atoms with Gasteiger partial charge in [-0.3, -0.25) is 24.4 Å². The van der Waals surface area contributed by atoms with Gasteiger partial charge in [0.05, 0.1) is 5.52 Å². The molecule has 2 heterocycles. The number of hydrazine groups is 1. The Morgan fingerprint density at radius 1 is 0.964 bits per heavy atom. The third-order valence-corrected chi connectivity index (χ3v) is 15.8. The maximum Gasteiger partial charge on any atom is 0.408 e. The van der Waals surface area contributed by atoms with Gasteiger partial charge in [0.15, 0.2) is 0 Å². The molecule has 1 aromatic heterocycles. The highest BCUT2D eigenvalue weighted by molar-refractivity contribution is 6.78. The second kappa shape index (κ2) is 18.3. The van der Waals surface area contributed by atoms with Crippen molar-refractivity contribution in [1.82, 2.24) is 20.7 Å². The normalized spacial score (nSPS) is 15.6. The van der Waals surface area contributed by atoms with E-state index in [2.05, 4.69) is 57.3 Å². The first-order valence-corrected chi connectivity index (χ1v) is 21.2. The van der Waals surface area contributed by atoms with Crippen molar-refractivity contribution in [2.24, 2.45) is 0 Å². The van der Waals surface area contributed by atoms with E-state index < -0.39 is 44.0 Å². The molecule has 14 heteroatoms. The summed E-state index contributed by atoms with van der Waals surface area (Å²) in [5.74, 6) is -0.680. The number of esters is 1. The Kier molecular flexibility index (Phi) is 14.3. The number of hydrogen-bond acceptors (Lipinski definition) is 10. The molecule has 2 amide bonds. The fourth-order valence-corrected chi connectivity index (χ4v) is 12.8. The number of fused-ring (bicyclic) bond motifs is 1. The Balaban J connectivity index is 1.83. The van der Waals surface area contributed by atoms with Gasteiger partial charge in [0.25, 0.3) is 14.2 Å². The fraction of sp³-hybridized carbons (Fsp3) is 0.537. The molecule has 0 radical (unpaired) electrons. The van der Waals surface area contributed by atoms with E-state index in [0.717, 1.165) is 22.1 Å². The number of nitrogens with one attached hydrogen (secondary N) is 2. The number of nitrogens with zero attached hydrogens (tertiary/aromatic N) is 2. The van der Waals surface area contributed by atoms with Gasteiger partial charge in [-0.05, 0) is 97.3 Å². The van der Waals surface area contributed by atoms with E-state index in [0.29, 0.717) is 29.9 Å². The number of benzene rings is 2. The first kappa shape index (κ1) is 43.0. The summed E-state index contributed by atoms with van der Waals surface area (Å²) >= 11 is 0. The van der Waals surface area contributed by atoms with E-state index >= 15 is 0 Å². The van der Waals surface area contributed by atoms with Crippen molar-refractivity contribution in [3.63, 3.8) is 0 Å². The lowest BCUT2D eigenvalue weighted by Crippen LogP contribution is -2.60. The maximum absolute atomic E-state index is 14.2. The number of rotatable bonds is 15. The average molecular weight is 779 g/mol. The van der Waals surface area contributed by atoms with Crippen LogP contribution < -0.4 is 19.9 Å². The molecule has 0 saturated carbocycles. The van der Waals surface area contributed by atoms with Crippen molar-refractivity contribution in [2.75, 3.05) is 19.8 Å². The molecule has 2 aromatic carbocycles. The molecular weight excluding hydrogens is 721 g/mol. The minimum Gasteiger partial charge on any atom is -0.543 e. The zero-order chi connectivity index (χ0) is 40.7. The van der Waals surface area contributed by atoms with Gasteiger partial charge in [0, 0.05) is 31.5 Å². The van der Waals surface area contributed by atoms with E-state index in [9.17, 15) is 24.3 Å². The van der Waals surface area contributed by atoms with E-state index in [1.165, 1.54) is 11.9 Å². The van der Waals surface area contributed by atoms with Crippen LogP contribution in [0.5, 0.6) is 11.5 Å². The lowest BCUT2D eigenvalue weighted by atomic mass is 9.97. The molecule has 1 aliphatic heterocycles. The second-order valence-electron chi connectivity index (χ2n) is 16.1. The van der Waals surface area contributed by atoms with Crippen LogP contribution >= 0.6 is 0 Å². The predicted molar refractivity (Wildman–Crippen MR) is 213 cm³/mol. The Bertz CT molecular complexity index is 1820. The van der Waals surface area contributed by atoms with Crippen molar-refractivity contribution in [1.29, 1.82) is 0 Å². The Labute approximate surface area is 325 Å². The van der Waals surface area contributed by atoms with Crippen molar-refractivity contribution in [2.45, 2.75) is 123 Å². The topological polar surface area (TPSA) is 166 Å². The van der Waals surface area contributed by atoms with Crippen LogP contribution in [0.4, 0.5) is 4.79 Å². The van der Waals surface area contributed by atoms with Gasteiger partial charge in [0.1, 0.15) is 42.4 Å². The first-order valence-electron chi connectivity index (χ1n) is 19.1. The van der Waals surface area contributed by atoms with Gasteiger partial charge in [-0.1, -0.05) is 53.7 Å². The predicted octanol–water partition coefficient (Wildman–Crippen LogP) is 7.41. The molecule has 3 N–H and O–H groups in total. The van der Waals surface area contributed by atoms with Crippen molar-refractivity contribution in [3.8, 4) is 22.6 Å². The Hall–Kier alpha value is -4.69. The van der Waals surface area contributed by atoms with Crippen LogP contribution in [0.2, 0.25) is 16.6 Å². The van der Waals surface area contributed by atoms with Crippen LogP contribution in [0.1, 0.15) is 87.6 Å². The highest BCUT2D eigenvalue weighted by Gasteiger charge is 2.47. The molecule has 55 heavy (non-hydrogen) atoms. The number of amides is 2. The SMILES string of the molecule is CC(=O)OCCOc1ccnc2ccc(-c3cc(C[C@H](NC(=O)OC(C)(C)C)C(=O)N4CCC[C@@H](C(=O)O)N4)cc(O[Si](C(C)C)(C(C)C)C(C)C)c3)cc12. The largest absolute Gasteiger partial charge is 0.543 e. The van der Waals surface area contributed by atoms with Gasteiger partial charge in [-0.15, -0.1) is 0 Å². The van der Waals surface area contributed by atoms with Crippen LogP contribution in [0, 0.1) is 0 Å². The molecule has 1 saturated heterocycles. The number of ether oxygens (including phenoxy) is 3. The van der Waals surface area contributed by atoms with E-state index in [1.54, 1.807) is 33.0 Å². The zero-order valence-corrected chi connectivity index (χ0v) is 34.9. The monoisotopic (exact) mass is 778 g/mol. The minimum atomic E-state index is -2.45. The Morgan fingerprint density at radius 2 is 1.65 bits per heavy atom. The van der Waals surface area contributed by atoms with E-state index in [-0.39, 0.29) is 48.8 Å². The molecule has 300 valence electrons. The lowest BCUT2D eigenvalue weighted by molar-refractivity contribution is -0.148. The smallest absolute Gasteiger partial charge is 0.408 e. The average Bonchev–Trinajstić information content (AvgIpc) is 3.10. The molecule has 2 atom stereocenters. The zero-order valence-electron chi connectivity index (χ0n) is 33.9. The molecule has 0 aliphatic carbocycles. The van der Waals surface area contributed by atoms with Crippen molar-refractivity contribution in [3.05, 3.63) is 54.2 Å². The molecule has 1 aliphatic rings. The number of carboxylic acids is 1. The molecule has 0 spiro atoms. The summed E-state index contributed by atoms with van der Waals surface area (Å²) in [6, 6.07) is 11.5. The number of aliphatic carboxylic acids is 1. The number of pyridine rings is 1. The van der Waals surface area contributed by atoms with Gasteiger partial charge < -0.3 is 29.1 Å². The third-order valence-electron chi connectivity index (χ3n) is 9.83.